The Hall–Kier alpha value is -2.13. The molecule has 0 fully saturated rings. The maximum Gasteiger partial charge on any atom is 0.426 e. The van der Waals surface area contributed by atoms with Crippen molar-refractivity contribution >= 4 is 21.8 Å². The Morgan fingerprint density at radius 3 is 2.59 bits per heavy atom. The third-order valence-electron chi connectivity index (χ3n) is 4.07. The molecule has 0 radical (unpaired) electrons. The van der Waals surface area contributed by atoms with E-state index in [0.717, 1.165) is 18.2 Å². The smallest absolute Gasteiger partial charge is 0.426 e. The zero-order valence-electron chi connectivity index (χ0n) is 14.2. The van der Waals surface area contributed by atoms with E-state index in [-0.39, 0.29) is 21.5 Å². The van der Waals surface area contributed by atoms with Crippen LogP contribution in [-0.2, 0) is 10.4 Å². The highest BCUT2D eigenvalue weighted by molar-refractivity contribution is 9.11. The Morgan fingerprint density at radius 2 is 2.07 bits per heavy atom. The largest absolute Gasteiger partial charge is 0.482 e. The van der Waals surface area contributed by atoms with Crippen LogP contribution < -0.4 is 10.1 Å². The van der Waals surface area contributed by atoms with Crippen LogP contribution in [0.3, 0.4) is 0 Å². The normalized spacial score (nSPS) is 21.2. The van der Waals surface area contributed by atoms with Crippen LogP contribution in [0.1, 0.15) is 18.9 Å². The van der Waals surface area contributed by atoms with Crippen molar-refractivity contribution in [2.24, 2.45) is 0 Å². The molecule has 0 bridgehead atoms. The number of hydrogen-bond acceptors (Lipinski definition) is 3. The summed E-state index contributed by atoms with van der Waals surface area (Å²) < 4.78 is 59.8. The lowest BCUT2D eigenvalue weighted by Crippen LogP contribution is -2.61. The number of alkyl halides is 3. The number of amides is 1. The van der Waals surface area contributed by atoms with Crippen LogP contribution in [0.25, 0.3) is 0 Å². The molecule has 4 nitrogen and oxygen atoms in total. The molecule has 2 atom stereocenters. The second kappa shape index (κ2) is 7.12. The Bertz CT molecular complexity index is 836. The summed E-state index contributed by atoms with van der Waals surface area (Å²) >= 11 is 2.98. The van der Waals surface area contributed by atoms with Crippen LogP contribution in [0.15, 0.2) is 53.7 Å². The van der Waals surface area contributed by atoms with Gasteiger partial charge in [-0.1, -0.05) is 29.1 Å². The minimum atomic E-state index is -5.32. The molecule has 0 aliphatic carbocycles. The summed E-state index contributed by atoms with van der Waals surface area (Å²) in [4.78, 5) is 12.3. The third kappa shape index (κ3) is 4.08. The van der Waals surface area contributed by atoms with Crippen LogP contribution in [0.5, 0.6) is 5.75 Å². The molecule has 1 aromatic rings. The average Bonchev–Trinajstić information content (AvgIpc) is 2.53. The number of halogens is 5. The number of nitrogens with one attached hydrogen (secondary N) is 1. The van der Waals surface area contributed by atoms with E-state index >= 15 is 0 Å². The first-order valence-electron chi connectivity index (χ1n) is 7.60. The van der Waals surface area contributed by atoms with Gasteiger partial charge in [-0.25, -0.2) is 4.39 Å². The summed E-state index contributed by atoms with van der Waals surface area (Å²) in [5.41, 5.74) is -5.46. The molecule has 2 unspecified atom stereocenters. The van der Waals surface area contributed by atoms with Gasteiger partial charge in [0.2, 0.25) is 5.60 Å². The lowest BCUT2D eigenvalue weighted by Gasteiger charge is -2.45. The fourth-order valence-corrected chi connectivity index (χ4v) is 2.98. The number of carbonyl (C=O) groups is 1. The Morgan fingerprint density at radius 1 is 1.44 bits per heavy atom. The second-order valence-electron chi connectivity index (χ2n) is 6.21. The van der Waals surface area contributed by atoms with E-state index in [0.29, 0.717) is 0 Å². The second-order valence-corrected chi connectivity index (χ2v) is 7.23. The van der Waals surface area contributed by atoms with Crippen LogP contribution in [-0.4, -0.2) is 22.8 Å². The minimum Gasteiger partial charge on any atom is -0.482 e. The van der Waals surface area contributed by atoms with Crippen molar-refractivity contribution in [1.29, 1.82) is 0 Å². The van der Waals surface area contributed by atoms with Crippen molar-refractivity contribution in [2.75, 3.05) is 0 Å². The number of fused-ring (bicyclic) bond motifs is 1. The van der Waals surface area contributed by atoms with Gasteiger partial charge in [0.05, 0.1) is 0 Å². The van der Waals surface area contributed by atoms with Crippen LogP contribution in [0.4, 0.5) is 17.6 Å². The third-order valence-corrected chi connectivity index (χ3v) is 4.30. The molecule has 0 saturated carbocycles. The summed E-state index contributed by atoms with van der Waals surface area (Å²) in [5, 5.41) is 12.2. The van der Waals surface area contributed by atoms with Gasteiger partial charge < -0.3 is 15.2 Å². The van der Waals surface area contributed by atoms with Crippen molar-refractivity contribution in [3.63, 3.8) is 0 Å². The predicted molar refractivity (Wildman–Crippen MR) is 94.5 cm³/mol. The molecule has 146 valence electrons. The topological polar surface area (TPSA) is 58.6 Å². The van der Waals surface area contributed by atoms with Crippen LogP contribution in [0, 0.1) is 5.82 Å². The number of allylic oxidation sites excluding steroid dienone is 3. The highest BCUT2D eigenvalue weighted by atomic mass is 79.9. The SMILES string of the molecule is C=C/C(=C\C(=C)Br)NC(=O)C(O)(CC1(C)Oc2ccc(F)cc21)C(F)(F)F. The maximum atomic E-state index is 13.6. The molecule has 0 aromatic heterocycles. The molecule has 0 saturated heterocycles. The first kappa shape index (κ1) is 21.2. The van der Waals surface area contributed by atoms with Crippen molar-refractivity contribution in [3.05, 3.63) is 65.1 Å². The molecule has 1 heterocycles. The summed E-state index contributed by atoms with van der Waals surface area (Å²) in [6.45, 7) is 8.10. The molecule has 2 N–H and O–H groups in total. The number of rotatable bonds is 6. The van der Waals surface area contributed by atoms with Gasteiger partial charge in [-0.2, -0.15) is 13.2 Å². The highest BCUT2D eigenvalue weighted by Gasteiger charge is 2.64. The van der Waals surface area contributed by atoms with E-state index in [2.05, 4.69) is 29.1 Å². The van der Waals surface area contributed by atoms with Crippen molar-refractivity contribution in [2.45, 2.75) is 30.7 Å². The number of aliphatic hydroxyl groups is 1. The van der Waals surface area contributed by atoms with Gasteiger partial charge in [-0.3, -0.25) is 4.79 Å². The zero-order valence-corrected chi connectivity index (χ0v) is 15.7. The molecular formula is C18H16BrF4NO3. The molecule has 0 spiro atoms. The number of ether oxygens (including phenoxy) is 1. The first-order valence-corrected chi connectivity index (χ1v) is 8.40. The van der Waals surface area contributed by atoms with Gasteiger partial charge >= 0.3 is 6.18 Å². The molecular weight excluding hydrogens is 434 g/mol. The van der Waals surface area contributed by atoms with Crippen molar-refractivity contribution < 1.29 is 32.2 Å². The van der Waals surface area contributed by atoms with Gasteiger partial charge in [0.1, 0.15) is 17.2 Å². The van der Waals surface area contributed by atoms with Gasteiger partial charge in [-0.05, 0) is 37.3 Å². The van der Waals surface area contributed by atoms with Crippen LogP contribution >= 0.6 is 15.9 Å². The van der Waals surface area contributed by atoms with E-state index in [1.807, 2.05) is 5.32 Å². The van der Waals surface area contributed by atoms with E-state index in [1.54, 1.807) is 0 Å². The summed E-state index contributed by atoms with van der Waals surface area (Å²) in [5.74, 6) is -2.20. The van der Waals surface area contributed by atoms with Crippen molar-refractivity contribution in [1.82, 2.24) is 5.32 Å². The van der Waals surface area contributed by atoms with Gasteiger partial charge in [0, 0.05) is 22.2 Å². The fourth-order valence-electron chi connectivity index (χ4n) is 2.73. The van der Waals surface area contributed by atoms with Gasteiger partial charge in [0.15, 0.2) is 0 Å². The number of benzene rings is 1. The number of hydrogen-bond donors (Lipinski definition) is 2. The minimum absolute atomic E-state index is 0.101. The molecule has 1 aromatic carbocycles. The standard InChI is InChI=1S/C18H16BrF4NO3/c1-4-12(7-10(2)19)24-15(25)17(26,18(21,22)23)9-16(3)13-8-11(20)5-6-14(13)27-16/h4-8,26H,1-2,9H2,3H3,(H,24,25)/b12-7+. The Labute approximate surface area is 161 Å². The quantitative estimate of drug-likeness (QED) is 0.505. The lowest BCUT2D eigenvalue weighted by atomic mass is 9.78. The Balaban J connectivity index is 2.36. The summed E-state index contributed by atoms with van der Waals surface area (Å²) in [6.07, 6.45) is -4.17. The molecule has 1 aliphatic rings. The van der Waals surface area contributed by atoms with E-state index in [4.69, 9.17) is 4.74 Å². The van der Waals surface area contributed by atoms with E-state index in [9.17, 15) is 27.5 Å². The lowest BCUT2D eigenvalue weighted by molar-refractivity contribution is -0.265. The van der Waals surface area contributed by atoms with E-state index < -0.39 is 35.5 Å². The molecule has 9 heteroatoms. The average molecular weight is 450 g/mol. The fraction of sp³-hybridized carbons (Fsp3) is 0.278. The van der Waals surface area contributed by atoms with Crippen molar-refractivity contribution in [3.8, 4) is 5.75 Å². The van der Waals surface area contributed by atoms with Gasteiger partial charge in [0.25, 0.3) is 5.91 Å². The molecule has 1 amide bonds. The summed E-state index contributed by atoms with van der Waals surface area (Å²) in [7, 11) is 0. The monoisotopic (exact) mass is 449 g/mol. The van der Waals surface area contributed by atoms with E-state index in [1.165, 1.54) is 19.1 Å². The first-order chi connectivity index (χ1) is 12.3. The molecule has 2 rings (SSSR count). The Kier molecular flexibility index (Phi) is 5.58. The zero-order chi connectivity index (χ0) is 20.6. The maximum absolute atomic E-state index is 13.6. The van der Waals surface area contributed by atoms with Gasteiger partial charge in [-0.15, -0.1) is 0 Å². The highest BCUT2D eigenvalue weighted by Crippen LogP contribution is 2.51. The van der Waals surface area contributed by atoms with Crippen LogP contribution in [0.2, 0.25) is 0 Å². The predicted octanol–water partition coefficient (Wildman–Crippen LogP) is 4.21. The molecule has 1 aliphatic heterocycles. The molecule has 27 heavy (non-hydrogen) atoms. The number of carbonyl (C=O) groups excluding carboxylic acids is 1. The summed E-state index contributed by atoms with van der Waals surface area (Å²) in [6, 6.07) is 3.37.